The van der Waals surface area contributed by atoms with Crippen LogP contribution in [0.1, 0.15) is 16.7 Å². The van der Waals surface area contributed by atoms with E-state index >= 15 is 0 Å². The molecular formula is C22H21Br2NO2. The summed E-state index contributed by atoms with van der Waals surface area (Å²) in [6.07, 6.45) is 0. The zero-order chi connectivity index (χ0) is 19.2. The Balaban J connectivity index is 1.72. The molecule has 0 bridgehead atoms. The number of hydrogen-bond donors (Lipinski definition) is 1. The van der Waals surface area contributed by atoms with Crippen molar-refractivity contribution in [3.63, 3.8) is 0 Å². The van der Waals surface area contributed by atoms with Crippen molar-refractivity contribution < 1.29 is 9.47 Å². The fourth-order valence-electron chi connectivity index (χ4n) is 2.71. The van der Waals surface area contributed by atoms with Crippen LogP contribution in [0.3, 0.4) is 0 Å². The van der Waals surface area contributed by atoms with Crippen molar-refractivity contribution in [2.75, 3.05) is 12.4 Å². The summed E-state index contributed by atoms with van der Waals surface area (Å²) in [5, 5.41) is 3.41. The van der Waals surface area contributed by atoms with Crippen LogP contribution in [-0.2, 0) is 13.2 Å². The van der Waals surface area contributed by atoms with E-state index in [1.807, 2.05) is 42.5 Å². The Kier molecular flexibility index (Phi) is 6.80. The number of methoxy groups -OCH3 is 1. The van der Waals surface area contributed by atoms with Gasteiger partial charge in [0.25, 0.3) is 0 Å². The number of rotatable bonds is 7. The first-order valence-electron chi connectivity index (χ1n) is 8.60. The summed E-state index contributed by atoms with van der Waals surface area (Å²) < 4.78 is 13.6. The van der Waals surface area contributed by atoms with Crippen molar-refractivity contribution in [1.29, 1.82) is 0 Å². The van der Waals surface area contributed by atoms with Crippen molar-refractivity contribution >= 4 is 37.5 Å². The lowest BCUT2D eigenvalue weighted by atomic mass is 10.1. The molecule has 0 radical (unpaired) electrons. The Bertz CT molecular complexity index is 911. The largest absolute Gasteiger partial charge is 0.493 e. The van der Waals surface area contributed by atoms with Crippen molar-refractivity contribution in [3.8, 4) is 11.5 Å². The third kappa shape index (κ3) is 5.27. The molecule has 0 amide bonds. The third-order valence-electron chi connectivity index (χ3n) is 4.26. The Morgan fingerprint density at radius 2 is 1.70 bits per heavy atom. The average molecular weight is 491 g/mol. The predicted molar refractivity (Wildman–Crippen MR) is 118 cm³/mol. The Labute approximate surface area is 177 Å². The van der Waals surface area contributed by atoms with Gasteiger partial charge >= 0.3 is 0 Å². The smallest absolute Gasteiger partial charge is 0.175 e. The minimum absolute atomic E-state index is 0.498. The van der Waals surface area contributed by atoms with Gasteiger partial charge in [0, 0.05) is 16.7 Å². The SMILES string of the molecule is COc1cc(CNc2ccc(Br)cc2)cc(Br)c1OCc1ccccc1C. The molecule has 0 aromatic heterocycles. The number of anilines is 1. The van der Waals surface area contributed by atoms with Crippen LogP contribution in [0, 0.1) is 6.92 Å². The van der Waals surface area contributed by atoms with Crippen LogP contribution in [0.15, 0.2) is 69.6 Å². The van der Waals surface area contributed by atoms with E-state index in [1.54, 1.807) is 7.11 Å². The van der Waals surface area contributed by atoms with Gasteiger partial charge in [0.05, 0.1) is 11.6 Å². The highest BCUT2D eigenvalue weighted by Gasteiger charge is 2.12. The molecule has 0 fully saturated rings. The van der Waals surface area contributed by atoms with Gasteiger partial charge in [0.2, 0.25) is 0 Å². The minimum atomic E-state index is 0.498. The van der Waals surface area contributed by atoms with Gasteiger partial charge in [-0.25, -0.2) is 0 Å². The van der Waals surface area contributed by atoms with Crippen molar-refractivity contribution in [2.45, 2.75) is 20.1 Å². The molecule has 0 aliphatic rings. The Hall–Kier alpha value is -1.98. The number of halogens is 2. The number of aryl methyl sites for hydroxylation is 1. The monoisotopic (exact) mass is 489 g/mol. The fraction of sp³-hybridized carbons (Fsp3) is 0.182. The molecule has 0 spiro atoms. The molecule has 0 unspecified atom stereocenters. The normalized spacial score (nSPS) is 10.5. The van der Waals surface area contributed by atoms with Gasteiger partial charge in [-0.2, -0.15) is 0 Å². The molecule has 1 N–H and O–H groups in total. The van der Waals surface area contributed by atoms with Crippen LogP contribution in [0.2, 0.25) is 0 Å². The first-order chi connectivity index (χ1) is 13.1. The van der Waals surface area contributed by atoms with Gasteiger partial charge in [0.1, 0.15) is 6.61 Å². The zero-order valence-corrected chi connectivity index (χ0v) is 18.4. The highest BCUT2D eigenvalue weighted by atomic mass is 79.9. The van der Waals surface area contributed by atoms with Gasteiger partial charge < -0.3 is 14.8 Å². The maximum Gasteiger partial charge on any atom is 0.175 e. The van der Waals surface area contributed by atoms with Crippen LogP contribution in [0.5, 0.6) is 11.5 Å². The fourth-order valence-corrected chi connectivity index (χ4v) is 3.58. The summed E-state index contributed by atoms with van der Waals surface area (Å²) in [4.78, 5) is 0. The molecule has 140 valence electrons. The number of benzene rings is 3. The molecule has 27 heavy (non-hydrogen) atoms. The first kappa shape index (κ1) is 19.8. The summed E-state index contributed by atoms with van der Waals surface area (Å²) >= 11 is 7.08. The van der Waals surface area contributed by atoms with Crippen LogP contribution in [-0.4, -0.2) is 7.11 Å². The number of ether oxygens (including phenoxy) is 2. The summed E-state index contributed by atoms with van der Waals surface area (Å²) in [7, 11) is 1.66. The second-order valence-corrected chi connectivity index (χ2v) is 7.95. The molecule has 0 aliphatic carbocycles. The molecule has 0 heterocycles. The lowest BCUT2D eigenvalue weighted by Crippen LogP contribution is -2.03. The summed E-state index contributed by atoms with van der Waals surface area (Å²) in [5.41, 5.74) is 4.54. The summed E-state index contributed by atoms with van der Waals surface area (Å²) in [6.45, 7) is 3.27. The van der Waals surface area contributed by atoms with Gasteiger partial charge in [-0.1, -0.05) is 40.2 Å². The molecule has 3 nitrogen and oxygen atoms in total. The van der Waals surface area contributed by atoms with Crippen LogP contribution >= 0.6 is 31.9 Å². The summed E-state index contributed by atoms with van der Waals surface area (Å²) in [6, 6.07) is 20.4. The van der Waals surface area contributed by atoms with Gasteiger partial charge in [-0.15, -0.1) is 0 Å². The Morgan fingerprint density at radius 1 is 0.963 bits per heavy atom. The predicted octanol–water partition coefficient (Wildman–Crippen LogP) is 6.72. The molecular weight excluding hydrogens is 470 g/mol. The van der Waals surface area contributed by atoms with E-state index in [-0.39, 0.29) is 0 Å². The highest BCUT2D eigenvalue weighted by molar-refractivity contribution is 9.10. The molecule has 3 aromatic rings. The maximum atomic E-state index is 6.06. The van der Waals surface area contributed by atoms with E-state index < -0.39 is 0 Å². The number of nitrogens with one attached hydrogen (secondary N) is 1. The van der Waals surface area contributed by atoms with Crippen LogP contribution in [0.25, 0.3) is 0 Å². The van der Waals surface area contributed by atoms with Gasteiger partial charge in [-0.3, -0.25) is 0 Å². The van der Waals surface area contributed by atoms with E-state index in [0.717, 1.165) is 25.8 Å². The molecule has 0 aliphatic heterocycles. The summed E-state index contributed by atoms with van der Waals surface area (Å²) in [5.74, 6) is 1.43. The van der Waals surface area contributed by atoms with Gasteiger partial charge in [0.15, 0.2) is 11.5 Å². The van der Waals surface area contributed by atoms with Crippen molar-refractivity contribution in [1.82, 2.24) is 0 Å². The van der Waals surface area contributed by atoms with Gasteiger partial charge in [-0.05, 0) is 75.9 Å². The zero-order valence-electron chi connectivity index (χ0n) is 15.3. The second-order valence-electron chi connectivity index (χ2n) is 6.18. The maximum absolute atomic E-state index is 6.06. The average Bonchev–Trinajstić information content (AvgIpc) is 2.67. The van der Waals surface area contributed by atoms with E-state index in [1.165, 1.54) is 5.56 Å². The lowest BCUT2D eigenvalue weighted by Gasteiger charge is -2.16. The molecule has 0 atom stereocenters. The topological polar surface area (TPSA) is 30.5 Å². The molecule has 3 rings (SSSR count). The van der Waals surface area contributed by atoms with E-state index in [2.05, 4.69) is 62.3 Å². The van der Waals surface area contributed by atoms with E-state index in [9.17, 15) is 0 Å². The quantitative estimate of drug-likeness (QED) is 0.398. The van der Waals surface area contributed by atoms with Crippen LogP contribution < -0.4 is 14.8 Å². The molecule has 0 saturated heterocycles. The minimum Gasteiger partial charge on any atom is -0.493 e. The van der Waals surface area contributed by atoms with Crippen molar-refractivity contribution in [3.05, 3.63) is 86.3 Å². The number of hydrogen-bond acceptors (Lipinski definition) is 3. The van der Waals surface area contributed by atoms with E-state index in [4.69, 9.17) is 9.47 Å². The third-order valence-corrected chi connectivity index (χ3v) is 5.38. The lowest BCUT2D eigenvalue weighted by molar-refractivity contribution is 0.282. The molecule has 0 saturated carbocycles. The molecule has 5 heteroatoms. The molecule has 3 aromatic carbocycles. The first-order valence-corrected chi connectivity index (χ1v) is 10.2. The van der Waals surface area contributed by atoms with Crippen LogP contribution in [0.4, 0.5) is 5.69 Å². The van der Waals surface area contributed by atoms with E-state index in [0.29, 0.717) is 24.7 Å². The highest BCUT2D eigenvalue weighted by Crippen LogP contribution is 2.37. The Morgan fingerprint density at radius 3 is 2.41 bits per heavy atom. The second kappa shape index (κ2) is 9.29. The van der Waals surface area contributed by atoms with Crippen molar-refractivity contribution in [2.24, 2.45) is 0 Å². The standard InChI is InChI=1S/C22H21Br2NO2/c1-15-5-3-4-6-17(15)14-27-22-20(24)11-16(12-21(22)26-2)13-25-19-9-7-18(23)8-10-19/h3-12,25H,13-14H2,1-2H3.